The van der Waals surface area contributed by atoms with Crippen molar-refractivity contribution in [2.24, 2.45) is 0 Å². The predicted molar refractivity (Wildman–Crippen MR) is 114 cm³/mol. The first kappa shape index (κ1) is 21.5. The molecule has 1 N–H and O–H groups in total. The van der Waals surface area contributed by atoms with Crippen molar-refractivity contribution in [1.29, 1.82) is 0 Å². The third kappa shape index (κ3) is 3.95. The highest BCUT2D eigenvalue weighted by molar-refractivity contribution is 5.90. The predicted octanol–water partition coefficient (Wildman–Crippen LogP) is 5.30. The summed E-state index contributed by atoms with van der Waals surface area (Å²) in [6, 6.07) is 12.9. The van der Waals surface area contributed by atoms with Gasteiger partial charge in [-0.25, -0.2) is 18.0 Å². The second kappa shape index (κ2) is 8.82. The minimum absolute atomic E-state index is 0.319. The zero-order valence-corrected chi connectivity index (χ0v) is 17.5. The third-order valence-electron chi connectivity index (χ3n) is 5.50. The highest BCUT2D eigenvalue weighted by Gasteiger charge is 2.33. The van der Waals surface area contributed by atoms with Gasteiger partial charge in [-0.1, -0.05) is 30.3 Å². The molecule has 1 aliphatic rings. The number of amides is 2. The summed E-state index contributed by atoms with van der Waals surface area (Å²) in [4.78, 5) is 14.7. The molecule has 32 heavy (non-hydrogen) atoms. The molecule has 166 valence electrons. The van der Waals surface area contributed by atoms with Crippen LogP contribution in [0.4, 0.5) is 23.7 Å². The lowest BCUT2D eigenvalue weighted by Gasteiger charge is -2.38. The van der Waals surface area contributed by atoms with Crippen molar-refractivity contribution in [3.63, 3.8) is 0 Å². The Bertz CT molecular complexity index is 1150. The minimum Gasteiger partial charge on any atom is -0.493 e. The summed E-state index contributed by atoms with van der Waals surface area (Å²) >= 11 is 0. The smallest absolute Gasteiger partial charge is 0.322 e. The minimum atomic E-state index is -1.32. The number of fused-ring (bicyclic) bond motifs is 1. The van der Waals surface area contributed by atoms with Crippen molar-refractivity contribution in [3.05, 3.63) is 88.7 Å². The molecule has 4 rings (SSSR count). The maximum Gasteiger partial charge on any atom is 0.322 e. The standard InChI is InChI=1S/C24H21F3N2O3/c1-31-21-10-15-8-9-29(24(30)28-20-13-18(26)17(25)12-19(20)27)23(14-6-4-3-5-7-14)16(15)11-22(21)32-2/h3-7,10-13,23H,8-9H2,1-2H3,(H,28,30). The molecule has 1 heterocycles. The summed E-state index contributed by atoms with van der Waals surface area (Å²) < 4.78 is 51.9. The fraction of sp³-hybridized carbons (Fsp3) is 0.208. The van der Waals surface area contributed by atoms with Gasteiger partial charge in [0.1, 0.15) is 5.82 Å². The number of hydrogen-bond donors (Lipinski definition) is 1. The van der Waals surface area contributed by atoms with Crippen LogP contribution in [0.2, 0.25) is 0 Å². The molecular weight excluding hydrogens is 421 g/mol. The van der Waals surface area contributed by atoms with E-state index >= 15 is 0 Å². The lowest BCUT2D eigenvalue weighted by molar-refractivity contribution is 0.193. The monoisotopic (exact) mass is 442 g/mol. The molecule has 0 fully saturated rings. The Morgan fingerprint density at radius 1 is 0.938 bits per heavy atom. The van der Waals surface area contributed by atoms with Gasteiger partial charge in [0.2, 0.25) is 0 Å². The lowest BCUT2D eigenvalue weighted by Crippen LogP contribution is -2.43. The maximum absolute atomic E-state index is 14.1. The molecule has 0 saturated carbocycles. The number of anilines is 1. The van der Waals surface area contributed by atoms with E-state index in [-0.39, 0.29) is 0 Å². The first-order valence-electron chi connectivity index (χ1n) is 9.94. The Morgan fingerprint density at radius 3 is 2.28 bits per heavy atom. The van der Waals surface area contributed by atoms with Gasteiger partial charge >= 0.3 is 6.03 Å². The van der Waals surface area contributed by atoms with Crippen LogP contribution in [-0.4, -0.2) is 31.7 Å². The maximum atomic E-state index is 14.1. The number of ether oxygens (including phenoxy) is 2. The van der Waals surface area contributed by atoms with Crippen LogP contribution in [0.25, 0.3) is 0 Å². The molecule has 1 aliphatic heterocycles. The number of benzene rings is 3. The molecular formula is C24H21F3N2O3. The number of urea groups is 1. The topological polar surface area (TPSA) is 50.8 Å². The van der Waals surface area contributed by atoms with Gasteiger partial charge in [-0.3, -0.25) is 0 Å². The van der Waals surface area contributed by atoms with Crippen LogP contribution in [0.15, 0.2) is 54.6 Å². The molecule has 0 spiro atoms. The molecule has 8 heteroatoms. The molecule has 0 radical (unpaired) electrons. The van der Waals surface area contributed by atoms with E-state index in [4.69, 9.17) is 9.47 Å². The van der Waals surface area contributed by atoms with Crippen LogP contribution < -0.4 is 14.8 Å². The number of carbonyl (C=O) groups is 1. The van der Waals surface area contributed by atoms with Crippen molar-refractivity contribution in [1.82, 2.24) is 4.90 Å². The largest absolute Gasteiger partial charge is 0.493 e. The van der Waals surface area contributed by atoms with E-state index in [1.54, 1.807) is 7.11 Å². The summed E-state index contributed by atoms with van der Waals surface area (Å²) in [6.07, 6.45) is 0.521. The zero-order chi connectivity index (χ0) is 22.8. The number of rotatable bonds is 4. The molecule has 5 nitrogen and oxygen atoms in total. The molecule has 1 atom stereocenters. The molecule has 0 bridgehead atoms. The third-order valence-corrected chi connectivity index (χ3v) is 5.50. The van der Waals surface area contributed by atoms with Gasteiger partial charge in [0.05, 0.1) is 25.9 Å². The van der Waals surface area contributed by atoms with Crippen LogP contribution >= 0.6 is 0 Å². The quantitative estimate of drug-likeness (QED) is 0.558. The van der Waals surface area contributed by atoms with Crippen molar-refractivity contribution < 1.29 is 27.4 Å². The van der Waals surface area contributed by atoms with Gasteiger partial charge in [-0.05, 0) is 35.2 Å². The van der Waals surface area contributed by atoms with Gasteiger partial charge in [0, 0.05) is 18.7 Å². The Hall–Kier alpha value is -3.68. The van der Waals surface area contributed by atoms with E-state index in [0.29, 0.717) is 36.6 Å². The number of nitrogens with one attached hydrogen (secondary N) is 1. The van der Waals surface area contributed by atoms with E-state index in [9.17, 15) is 18.0 Å². The van der Waals surface area contributed by atoms with Crippen molar-refractivity contribution in [2.75, 3.05) is 26.1 Å². The highest BCUT2D eigenvalue weighted by atomic mass is 19.2. The average Bonchev–Trinajstić information content (AvgIpc) is 2.81. The highest BCUT2D eigenvalue weighted by Crippen LogP contribution is 2.41. The molecule has 0 aliphatic carbocycles. The summed E-state index contributed by atoms with van der Waals surface area (Å²) in [6.45, 7) is 0.319. The van der Waals surface area contributed by atoms with Gasteiger partial charge < -0.3 is 19.7 Å². The Morgan fingerprint density at radius 2 is 1.59 bits per heavy atom. The van der Waals surface area contributed by atoms with Gasteiger partial charge in [-0.2, -0.15) is 0 Å². The summed E-state index contributed by atoms with van der Waals surface area (Å²) in [5, 5.41) is 2.38. The molecule has 3 aromatic rings. The zero-order valence-electron chi connectivity index (χ0n) is 17.5. The van der Waals surface area contributed by atoms with Crippen LogP contribution in [0, 0.1) is 17.5 Å². The second-order valence-electron chi connectivity index (χ2n) is 7.34. The van der Waals surface area contributed by atoms with E-state index in [0.717, 1.165) is 16.7 Å². The van der Waals surface area contributed by atoms with Gasteiger partial charge in [0.15, 0.2) is 23.1 Å². The number of nitrogens with zero attached hydrogens (tertiary/aromatic N) is 1. The number of halogens is 3. The number of methoxy groups -OCH3 is 2. The molecule has 0 saturated heterocycles. The van der Waals surface area contributed by atoms with E-state index in [1.165, 1.54) is 12.0 Å². The summed E-state index contributed by atoms with van der Waals surface area (Å²) in [5.41, 5.74) is 2.22. The first-order chi connectivity index (χ1) is 15.4. The number of carbonyl (C=O) groups excluding carboxylic acids is 1. The fourth-order valence-electron chi connectivity index (χ4n) is 3.96. The SMILES string of the molecule is COc1cc2c(cc1OC)C(c1ccccc1)N(C(=O)Nc1cc(F)c(F)cc1F)CC2. The van der Waals surface area contributed by atoms with Crippen LogP contribution in [0.1, 0.15) is 22.7 Å². The second-order valence-corrected chi connectivity index (χ2v) is 7.34. The number of hydrogen-bond acceptors (Lipinski definition) is 3. The fourth-order valence-corrected chi connectivity index (χ4v) is 3.96. The summed E-state index contributed by atoms with van der Waals surface area (Å²) in [5.74, 6) is -2.53. The molecule has 2 amide bonds. The van der Waals surface area contributed by atoms with Gasteiger partial charge in [0.25, 0.3) is 0 Å². The van der Waals surface area contributed by atoms with E-state index in [2.05, 4.69) is 5.32 Å². The first-order valence-corrected chi connectivity index (χ1v) is 9.94. The van der Waals surface area contributed by atoms with Crippen LogP contribution in [0.5, 0.6) is 11.5 Å². The molecule has 0 aromatic heterocycles. The van der Waals surface area contributed by atoms with Crippen molar-refractivity contribution >= 4 is 11.7 Å². The van der Waals surface area contributed by atoms with Crippen molar-refractivity contribution in [3.8, 4) is 11.5 Å². The van der Waals surface area contributed by atoms with Crippen LogP contribution in [-0.2, 0) is 6.42 Å². The van der Waals surface area contributed by atoms with E-state index in [1.807, 2.05) is 42.5 Å². The average molecular weight is 442 g/mol. The Labute approximate surface area is 183 Å². The van der Waals surface area contributed by atoms with Gasteiger partial charge in [-0.15, -0.1) is 0 Å². The summed E-state index contributed by atoms with van der Waals surface area (Å²) in [7, 11) is 3.08. The molecule has 1 unspecified atom stereocenters. The Balaban J connectivity index is 1.75. The molecule has 3 aromatic carbocycles. The van der Waals surface area contributed by atoms with Crippen LogP contribution in [0.3, 0.4) is 0 Å². The van der Waals surface area contributed by atoms with E-state index < -0.39 is 35.2 Å². The normalized spacial score (nSPS) is 15.2. The van der Waals surface area contributed by atoms with Crippen molar-refractivity contribution in [2.45, 2.75) is 12.5 Å². The Kier molecular flexibility index (Phi) is 5.94. The lowest BCUT2D eigenvalue weighted by atomic mass is 9.88.